The molecule has 0 spiro atoms. The molecule has 0 aromatic rings. The van der Waals surface area contributed by atoms with Gasteiger partial charge in [-0.2, -0.15) is 0 Å². The summed E-state index contributed by atoms with van der Waals surface area (Å²) in [6.45, 7) is 4.75. The predicted molar refractivity (Wildman–Crippen MR) is 72.4 cm³/mol. The molecule has 0 aromatic carbocycles. The lowest BCUT2D eigenvalue weighted by atomic mass is 9.90. The second kappa shape index (κ2) is 8.45. The van der Waals surface area contributed by atoms with Crippen LogP contribution in [0.4, 0.5) is 0 Å². The molecule has 0 aliphatic heterocycles. The number of amides is 1. The number of nitrogens with one attached hydrogen (secondary N) is 1. The van der Waals surface area contributed by atoms with Gasteiger partial charge in [-0.25, -0.2) is 0 Å². The van der Waals surface area contributed by atoms with Crippen molar-refractivity contribution in [2.45, 2.75) is 44.7 Å². The fraction of sp³-hybridized carbons (Fsp3) is 0.923. The van der Waals surface area contributed by atoms with Crippen molar-refractivity contribution >= 4 is 5.91 Å². The van der Waals surface area contributed by atoms with E-state index in [9.17, 15) is 4.79 Å². The molecule has 5 nitrogen and oxygen atoms in total. The van der Waals surface area contributed by atoms with Crippen molar-refractivity contribution in [2.24, 2.45) is 5.73 Å². The molecule has 5 heteroatoms. The predicted octanol–water partition coefficient (Wildman–Crippen LogP) is 0.341. The molecule has 1 amide bonds. The summed E-state index contributed by atoms with van der Waals surface area (Å²) in [4.78, 5) is 14.3. The van der Waals surface area contributed by atoms with Crippen molar-refractivity contribution in [2.75, 3.05) is 33.4 Å². The highest BCUT2D eigenvalue weighted by Gasteiger charge is 2.30. The van der Waals surface area contributed by atoms with Crippen molar-refractivity contribution in [3.63, 3.8) is 0 Å². The van der Waals surface area contributed by atoms with E-state index in [2.05, 4.69) is 10.2 Å². The van der Waals surface area contributed by atoms with E-state index in [4.69, 9.17) is 10.5 Å². The van der Waals surface area contributed by atoms with Gasteiger partial charge in [0.25, 0.3) is 0 Å². The Kier molecular flexibility index (Phi) is 7.23. The monoisotopic (exact) mass is 257 g/mol. The third-order valence-electron chi connectivity index (χ3n) is 3.63. The summed E-state index contributed by atoms with van der Waals surface area (Å²) in [5.74, 6) is 0.103. The molecule has 1 saturated carbocycles. The normalized spacial score (nSPS) is 17.6. The maximum absolute atomic E-state index is 12.0. The summed E-state index contributed by atoms with van der Waals surface area (Å²) in [6.07, 6.45) is 4.52. The number of nitrogens with two attached hydrogens (primary N) is 1. The standard InChI is InChI=1S/C13H27N3O2/c1-11(13(17)15-8-4-10-18-2)16(9-7-14)12-5-3-6-12/h11-12H,3-10,14H2,1-2H3,(H,15,17). The smallest absolute Gasteiger partial charge is 0.237 e. The number of rotatable bonds is 9. The quantitative estimate of drug-likeness (QED) is 0.585. The summed E-state index contributed by atoms with van der Waals surface area (Å²) >= 11 is 0. The Morgan fingerprint density at radius 1 is 1.56 bits per heavy atom. The molecule has 1 aliphatic carbocycles. The van der Waals surface area contributed by atoms with Crippen LogP contribution in [0.5, 0.6) is 0 Å². The zero-order chi connectivity index (χ0) is 13.4. The van der Waals surface area contributed by atoms with Gasteiger partial charge in [-0.3, -0.25) is 9.69 Å². The van der Waals surface area contributed by atoms with Crippen molar-refractivity contribution in [3.8, 4) is 0 Å². The number of nitrogens with zero attached hydrogens (tertiary/aromatic N) is 1. The van der Waals surface area contributed by atoms with Gasteiger partial charge in [-0.15, -0.1) is 0 Å². The van der Waals surface area contributed by atoms with Crippen molar-refractivity contribution in [1.29, 1.82) is 0 Å². The van der Waals surface area contributed by atoms with E-state index in [0.29, 0.717) is 25.7 Å². The highest BCUT2D eigenvalue weighted by molar-refractivity contribution is 5.81. The molecule has 106 valence electrons. The minimum atomic E-state index is -0.0820. The number of carbonyl (C=O) groups excluding carboxylic acids is 1. The molecular weight excluding hydrogens is 230 g/mol. The number of hydrogen-bond acceptors (Lipinski definition) is 4. The Labute approximate surface area is 110 Å². The Balaban J connectivity index is 2.33. The summed E-state index contributed by atoms with van der Waals surface area (Å²) < 4.78 is 4.96. The molecule has 1 rings (SSSR count). The lowest BCUT2D eigenvalue weighted by Gasteiger charge is -2.40. The van der Waals surface area contributed by atoms with Gasteiger partial charge in [0.05, 0.1) is 6.04 Å². The van der Waals surface area contributed by atoms with Crippen LogP contribution in [0.1, 0.15) is 32.6 Å². The van der Waals surface area contributed by atoms with Crippen molar-refractivity contribution < 1.29 is 9.53 Å². The molecule has 0 radical (unpaired) electrons. The fourth-order valence-corrected chi connectivity index (χ4v) is 2.29. The first-order valence-electron chi connectivity index (χ1n) is 6.93. The molecule has 1 fully saturated rings. The Bertz CT molecular complexity index is 244. The third-order valence-corrected chi connectivity index (χ3v) is 3.63. The summed E-state index contributed by atoms with van der Waals surface area (Å²) in [5, 5.41) is 2.96. The van der Waals surface area contributed by atoms with E-state index < -0.39 is 0 Å². The zero-order valence-corrected chi connectivity index (χ0v) is 11.7. The van der Waals surface area contributed by atoms with Crippen LogP contribution in [0.3, 0.4) is 0 Å². The topological polar surface area (TPSA) is 67.6 Å². The van der Waals surface area contributed by atoms with Gasteiger partial charge in [-0.1, -0.05) is 6.42 Å². The van der Waals surface area contributed by atoms with Crippen LogP contribution in [-0.4, -0.2) is 56.2 Å². The first kappa shape index (κ1) is 15.4. The minimum Gasteiger partial charge on any atom is -0.385 e. The van der Waals surface area contributed by atoms with Gasteiger partial charge < -0.3 is 15.8 Å². The SMILES string of the molecule is COCCCNC(=O)C(C)N(CCN)C1CCC1. The van der Waals surface area contributed by atoms with Crippen molar-refractivity contribution in [1.82, 2.24) is 10.2 Å². The second-order valence-electron chi connectivity index (χ2n) is 4.92. The average Bonchev–Trinajstić information content (AvgIpc) is 2.30. The number of hydrogen-bond donors (Lipinski definition) is 2. The molecule has 3 N–H and O–H groups in total. The van der Waals surface area contributed by atoms with E-state index in [0.717, 1.165) is 13.0 Å². The number of carbonyl (C=O) groups is 1. The van der Waals surface area contributed by atoms with Crippen LogP contribution in [0.2, 0.25) is 0 Å². The Morgan fingerprint density at radius 3 is 2.78 bits per heavy atom. The lowest BCUT2D eigenvalue weighted by Crippen LogP contribution is -2.53. The van der Waals surface area contributed by atoms with Crippen LogP contribution in [-0.2, 0) is 9.53 Å². The van der Waals surface area contributed by atoms with Crippen LogP contribution in [0.25, 0.3) is 0 Å². The van der Waals surface area contributed by atoms with Crippen LogP contribution >= 0.6 is 0 Å². The average molecular weight is 257 g/mol. The molecular formula is C13H27N3O2. The fourth-order valence-electron chi connectivity index (χ4n) is 2.29. The molecule has 1 atom stereocenters. The lowest BCUT2D eigenvalue weighted by molar-refractivity contribution is -0.127. The molecule has 1 unspecified atom stereocenters. The first-order valence-corrected chi connectivity index (χ1v) is 6.93. The van der Waals surface area contributed by atoms with Gasteiger partial charge in [0.1, 0.15) is 0 Å². The zero-order valence-electron chi connectivity index (χ0n) is 11.7. The van der Waals surface area contributed by atoms with E-state index in [1.165, 1.54) is 19.3 Å². The highest BCUT2D eigenvalue weighted by Crippen LogP contribution is 2.26. The Morgan fingerprint density at radius 2 is 2.28 bits per heavy atom. The summed E-state index contributed by atoms with van der Waals surface area (Å²) in [7, 11) is 1.67. The molecule has 0 heterocycles. The maximum Gasteiger partial charge on any atom is 0.237 e. The van der Waals surface area contributed by atoms with E-state index in [1.807, 2.05) is 6.92 Å². The molecule has 1 aliphatic rings. The van der Waals surface area contributed by atoms with E-state index in [1.54, 1.807) is 7.11 Å². The minimum absolute atomic E-state index is 0.0820. The van der Waals surface area contributed by atoms with E-state index in [-0.39, 0.29) is 11.9 Å². The van der Waals surface area contributed by atoms with Crippen LogP contribution in [0, 0.1) is 0 Å². The molecule has 0 aromatic heterocycles. The number of ether oxygens (including phenoxy) is 1. The van der Waals surface area contributed by atoms with Crippen molar-refractivity contribution in [3.05, 3.63) is 0 Å². The second-order valence-corrected chi connectivity index (χ2v) is 4.92. The molecule has 0 saturated heterocycles. The van der Waals surface area contributed by atoms with Gasteiger partial charge in [-0.05, 0) is 26.2 Å². The third kappa shape index (κ3) is 4.55. The highest BCUT2D eigenvalue weighted by atomic mass is 16.5. The largest absolute Gasteiger partial charge is 0.385 e. The van der Waals surface area contributed by atoms with Gasteiger partial charge >= 0.3 is 0 Å². The number of methoxy groups -OCH3 is 1. The molecule has 0 bridgehead atoms. The van der Waals surface area contributed by atoms with Gasteiger partial charge in [0.15, 0.2) is 0 Å². The first-order chi connectivity index (χ1) is 8.70. The van der Waals surface area contributed by atoms with Crippen LogP contribution < -0.4 is 11.1 Å². The Hall–Kier alpha value is -0.650. The van der Waals surface area contributed by atoms with E-state index >= 15 is 0 Å². The molecule has 18 heavy (non-hydrogen) atoms. The van der Waals surface area contributed by atoms with Crippen LogP contribution in [0.15, 0.2) is 0 Å². The summed E-state index contributed by atoms with van der Waals surface area (Å²) in [5.41, 5.74) is 5.63. The maximum atomic E-state index is 12.0. The van der Waals surface area contributed by atoms with Gasteiger partial charge in [0, 0.05) is 39.4 Å². The van der Waals surface area contributed by atoms with Gasteiger partial charge in [0.2, 0.25) is 5.91 Å². The summed E-state index contributed by atoms with van der Waals surface area (Å²) in [6, 6.07) is 0.467.